The SMILES string of the molecule is CC(Oc1ccccc1)N1C=CC=CC=C1. The fourth-order valence-electron chi connectivity index (χ4n) is 1.48. The van der Waals surface area contributed by atoms with Gasteiger partial charge in [0, 0.05) is 12.4 Å². The zero-order chi connectivity index (χ0) is 11.2. The van der Waals surface area contributed by atoms with Crippen LogP contribution in [0.25, 0.3) is 0 Å². The molecule has 1 aromatic rings. The molecule has 0 amide bonds. The highest BCUT2D eigenvalue weighted by Gasteiger charge is 2.08. The van der Waals surface area contributed by atoms with Crippen molar-refractivity contribution in [2.75, 3.05) is 0 Å². The van der Waals surface area contributed by atoms with E-state index in [1.165, 1.54) is 0 Å². The number of nitrogens with zero attached hydrogens (tertiary/aromatic N) is 1. The van der Waals surface area contributed by atoms with Crippen molar-refractivity contribution in [2.24, 2.45) is 0 Å². The smallest absolute Gasteiger partial charge is 0.172 e. The van der Waals surface area contributed by atoms with Crippen LogP contribution in [0.5, 0.6) is 5.75 Å². The molecule has 16 heavy (non-hydrogen) atoms. The predicted molar refractivity (Wildman–Crippen MR) is 65.8 cm³/mol. The molecule has 2 rings (SSSR count). The van der Waals surface area contributed by atoms with Crippen molar-refractivity contribution in [3.05, 3.63) is 67.0 Å². The summed E-state index contributed by atoms with van der Waals surface area (Å²) in [5.41, 5.74) is 0. The lowest BCUT2D eigenvalue weighted by molar-refractivity contribution is 0.112. The standard InChI is InChI=1S/C14H15NO/c1-13(15-11-7-2-3-8-12-15)16-14-9-5-4-6-10-14/h2-13H,1H3. The third-order valence-electron chi connectivity index (χ3n) is 2.32. The summed E-state index contributed by atoms with van der Waals surface area (Å²) in [5.74, 6) is 0.883. The molecule has 1 aliphatic rings. The number of ether oxygens (including phenoxy) is 1. The highest BCUT2D eigenvalue weighted by molar-refractivity contribution is 5.22. The topological polar surface area (TPSA) is 12.5 Å². The van der Waals surface area contributed by atoms with Gasteiger partial charge in [-0.3, -0.25) is 0 Å². The molecule has 1 heterocycles. The van der Waals surface area contributed by atoms with Crippen molar-refractivity contribution < 1.29 is 4.74 Å². The van der Waals surface area contributed by atoms with Gasteiger partial charge in [-0.15, -0.1) is 0 Å². The summed E-state index contributed by atoms with van der Waals surface area (Å²) < 4.78 is 5.80. The zero-order valence-electron chi connectivity index (χ0n) is 9.28. The third kappa shape index (κ3) is 2.76. The van der Waals surface area contributed by atoms with Crippen LogP contribution in [0, 0.1) is 0 Å². The van der Waals surface area contributed by atoms with E-state index in [1.54, 1.807) is 0 Å². The molecule has 0 bridgehead atoms. The molecule has 0 spiro atoms. The maximum Gasteiger partial charge on any atom is 0.172 e. The van der Waals surface area contributed by atoms with Gasteiger partial charge in [0.15, 0.2) is 6.23 Å². The number of hydrogen-bond acceptors (Lipinski definition) is 2. The van der Waals surface area contributed by atoms with E-state index < -0.39 is 0 Å². The first-order valence-electron chi connectivity index (χ1n) is 5.37. The van der Waals surface area contributed by atoms with Gasteiger partial charge in [-0.25, -0.2) is 0 Å². The van der Waals surface area contributed by atoms with Crippen molar-refractivity contribution in [2.45, 2.75) is 13.2 Å². The average Bonchev–Trinajstić information content (AvgIpc) is 2.59. The van der Waals surface area contributed by atoms with Gasteiger partial charge in [0.25, 0.3) is 0 Å². The Morgan fingerprint density at radius 1 is 0.938 bits per heavy atom. The van der Waals surface area contributed by atoms with Crippen molar-refractivity contribution in [1.29, 1.82) is 0 Å². The van der Waals surface area contributed by atoms with Gasteiger partial charge in [0.2, 0.25) is 0 Å². The molecule has 0 saturated heterocycles. The second kappa shape index (κ2) is 5.21. The van der Waals surface area contributed by atoms with Gasteiger partial charge in [0.05, 0.1) is 0 Å². The number of para-hydroxylation sites is 1. The summed E-state index contributed by atoms with van der Waals surface area (Å²) in [5, 5.41) is 0. The van der Waals surface area contributed by atoms with E-state index in [2.05, 4.69) is 0 Å². The third-order valence-corrected chi connectivity index (χ3v) is 2.32. The first-order valence-corrected chi connectivity index (χ1v) is 5.37. The molecule has 0 aliphatic carbocycles. The molecule has 82 valence electrons. The van der Waals surface area contributed by atoms with Crippen LogP contribution in [-0.4, -0.2) is 11.1 Å². The van der Waals surface area contributed by atoms with Gasteiger partial charge >= 0.3 is 0 Å². The first kappa shape index (κ1) is 10.6. The first-order chi connectivity index (χ1) is 7.86. The van der Waals surface area contributed by atoms with E-state index in [9.17, 15) is 0 Å². The van der Waals surface area contributed by atoms with E-state index in [0.29, 0.717) is 0 Å². The Kier molecular flexibility index (Phi) is 3.44. The normalized spacial score (nSPS) is 15.9. The predicted octanol–water partition coefficient (Wildman–Crippen LogP) is 3.31. The van der Waals surface area contributed by atoms with E-state index in [4.69, 9.17) is 4.74 Å². The summed E-state index contributed by atoms with van der Waals surface area (Å²) in [7, 11) is 0. The fraction of sp³-hybridized carbons (Fsp3) is 0.143. The fourth-order valence-corrected chi connectivity index (χ4v) is 1.48. The van der Waals surface area contributed by atoms with Crippen LogP contribution in [0.1, 0.15) is 6.92 Å². The van der Waals surface area contributed by atoms with E-state index in [1.807, 2.05) is 78.9 Å². The lowest BCUT2D eigenvalue weighted by Gasteiger charge is -2.24. The van der Waals surface area contributed by atoms with Crippen LogP contribution < -0.4 is 4.74 Å². The number of hydrogen-bond donors (Lipinski definition) is 0. The van der Waals surface area contributed by atoms with E-state index in [0.717, 1.165) is 5.75 Å². The van der Waals surface area contributed by atoms with E-state index >= 15 is 0 Å². The van der Waals surface area contributed by atoms with Gasteiger partial charge < -0.3 is 9.64 Å². The number of rotatable bonds is 3. The van der Waals surface area contributed by atoms with Crippen LogP contribution in [0.15, 0.2) is 67.0 Å². The minimum Gasteiger partial charge on any atom is -0.471 e. The molecule has 1 aromatic carbocycles. The monoisotopic (exact) mass is 213 g/mol. The molecule has 0 saturated carbocycles. The van der Waals surface area contributed by atoms with Crippen LogP contribution in [0.4, 0.5) is 0 Å². The number of allylic oxidation sites excluding steroid dienone is 4. The molecule has 1 atom stereocenters. The molecule has 2 nitrogen and oxygen atoms in total. The summed E-state index contributed by atoms with van der Waals surface area (Å²) in [6.07, 6.45) is 11.9. The summed E-state index contributed by atoms with van der Waals surface area (Å²) >= 11 is 0. The van der Waals surface area contributed by atoms with Crippen molar-refractivity contribution >= 4 is 0 Å². The molecule has 1 unspecified atom stereocenters. The second-order valence-electron chi connectivity index (χ2n) is 3.55. The van der Waals surface area contributed by atoms with Crippen LogP contribution >= 0.6 is 0 Å². The quantitative estimate of drug-likeness (QED) is 0.763. The van der Waals surface area contributed by atoms with Gasteiger partial charge in [0.1, 0.15) is 5.75 Å². The largest absolute Gasteiger partial charge is 0.471 e. The average molecular weight is 213 g/mol. The molecule has 0 fully saturated rings. The molecule has 1 aliphatic heterocycles. The molecular weight excluding hydrogens is 198 g/mol. The Bertz CT molecular complexity index is 390. The Labute approximate surface area is 96.1 Å². The molecule has 0 aromatic heterocycles. The highest BCUT2D eigenvalue weighted by atomic mass is 16.5. The lowest BCUT2D eigenvalue weighted by atomic mass is 10.3. The van der Waals surface area contributed by atoms with Crippen LogP contribution in [0.2, 0.25) is 0 Å². The Morgan fingerprint density at radius 2 is 1.56 bits per heavy atom. The van der Waals surface area contributed by atoms with Crippen molar-refractivity contribution in [3.63, 3.8) is 0 Å². The van der Waals surface area contributed by atoms with Crippen LogP contribution in [-0.2, 0) is 0 Å². The summed E-state index contributed by atoms with van der Waals surface area (Å²) in [6, 6.07) is 9.84. The van der Waals surface area contributed by atoms with Crippen molar-refractivity contribution in [3.8, 4) is 5.75 Å². The Balaban J connectivity index is 2.00. The van der Waals surface area contributed by atoms with Crippen LogP contribution in [0.3, 0.4) is 0 Å². The second-order valence-corrected chi connectivity index (χ2v) is 3.55. The molecule has 0 N–H and O–H groups in total. The van der Waals surface area contributed by atoms with Gasteiger partial charge in [-0.05, 0) is 31.2 Å². The Morgan fingerprint density at radius 3 is 2.19 bits per heavy atom. The maximum atomic E-state index is 5.80. The molecule has 0 radical (unpaired) electrons. The van der Waals surface area contributed by atoms with E-state index in [-0.39, 0.29) is 6.23 Å². The molecular formula is C14H15NO. The minimum atomic E-state index is -0.0187. The zero-order valence-corrected chi connectivity index (χ0v) is 9.28. The number of benzene rings is 1. The Hall–Kier alpha value is -1.96. The summed E-state index contributed by atoms with van der Waals surface area (Å²) in [6.45, 7) is 2.02. The minimum absolute atomic E-state index is 0.0187. The highest BCUT2D eigenvalue weighted by Crippen LogP contribution is 2.14. The molecule has 2 heteroatoms. The van der Waals surface area contributed by atoms with Gasteiger partial charge in [-0.2, -0.15) is 0 Å². The lowest BCUT2D eigenvalue weighted by Crippen LogP contribution is -2.28. The maximum absolute atomic E-state index is 5.80. The summed E-state index contributed by atoms with van der Waals surface area (Å²) in [4.78, 5) is 2.02. The van der Waals surface area contributed by atoms with Crippen molar-refractivity contribution in [1.82, 2.24) is 4.90 Å². The van der Waals surface area contributed by atoms with Gasteiger partial charge in [-0.1, -0.05) is 30.4 Å².